The average molecular weight is 293 g/mol. The Morgan fingerprint density at radius 3 is 2.95 bits per heavy atom. The van der Waals surface area contributed by atoms with Crippen molar-refractivity contribution in [2.75, 3.05) is 18.0 Å². The third-order valence-electron chi connectivity index (χ3n) is 3.23. The highest BCUT2D eigenvalue weighted by atomic mass is 32.1. The predicted octanol–water partition coefficient (Wildman–Crippen LogP) is 3.82. The van der Waals surface area contributed by atoms with Crippen molar-refractivity contribution in [3.05, 3.63) is 35.2 Å². The summed E-state index contributed by atoms with van der Waals surface area (Å²) in [6, 6.07) is 4.23. The fourth-order valence-corrected chi connectivity index (χ4v) is 2.97. The molecule has 110 valence electrons. The minimum atomic E-state index is 0.308. The maximum atomic E-state index is 5.42. The molecule has 1 atom stereocenters. The molecule has 0 spiro atoms. The van der Waals surface area contributed by atoms with Crippen LogP contribution in [0.5, 0.6) is 0 Å². The summed E-state index contributed by atoms with van der Waals surface area (Å²) in [6.45, 7) is 9.20. The first-order valence-corrected chi connectivity index (χ1v) is 8.08. The third kappa shape index (κ3) is 3.84. The van der Waals surface area contributed by atoms with Gasteiger partial charge in [0.1, 0.15) is 5.76 Å². The highest BCUT2D eigenvalue weighted by Gasteiger charge is 2.14. The molecular formula is C15H23N3OS. The molecular weight excluding hydrogens is 270 g/mol. The summed E-state index contributed by atoms with van der Waals surface area (Å²) >= 11 is 1.70. The molecule has 0 saturated heterocycles. The fourth-order valence-electron chi connectivity index (χ4n) is 1.99. The largest absolute Gasteiger partial charge is 0.467 e. The average Bonchev–Trinajstić information content (AvgIpc) is 3.13. The first kappa shape index (κ1) is 15.1. The van der Waals surface area contributed by atoms with Gasteiger partial charge in [-0.3, -0.25) is 0 Å². The van der Waals surface area contributed by atoms with Crippen LogP contribution in [0.25, 0.3) is 0 Å². The van der Waals surface area contributed by atoms with Crippen LogP contribution in [0.3, 0.4) is 0 Å². The van der Waals surface area contributed by atoms with E-state index < -0.39 is 0 Å². The topological polar surface area (TPSA) is 41.3 Å². The lowest BCUT2D eigenvalue weighted by atomic mass is 10.2. The Morgan fingerprint density at radius 1 is 1.45 bits per heavy atom. The van der Waals surface area contributed by atoms with Gasteiger partial charge in [0.15, 0.2) is 5.13 Å². The van der Waals surface area contributed by atoms with E-state index >= 15 is 0 Å². The van der Waals surface area contributed by atoms with Gasteiger partial charge < -0.3 is 14.6 Å². The number of anilines is 1. The van der Waals surface area contributed by atoms with E-state index in [2.05, 4.69) is 36.4 Å². The monoisotopic (exact) mass is 293 g/mol. The van der Waals surface area contributed by atoms with Crippen molar-refractivity contribution in [1.82, 2.24) is 10.3 Å². The van der Waals surface area contributed by atoms with Crippen LogP contribution >= 0.6 is 11.3 Å². The third-order valence-corrected chi connectivity index (χ3v) is 4.15. The molecule has 1 unspecified atom stereocenters. The minimum absolute atomic E-state index is 0.308. The first-order chi connectivity index (χ1) is 9.74. The molecule has 2 aromatic heterocycles. The number of nitrogens with zero attached hydrogens (tertiary/aromatic N) is 2. The number of furan rings is 1. The molecule has 0 aromatic carbocycles. The number of hydrogen-bond acceptors (Lipinski definition) is 5. The summed E-state index contributed by atoms with van der Waals surface area (Å²) in [5.74, 6) is 0.973. The van der Waals surface area contributed by atoms with Crippen molar-refractivity contribution in [3.8, 4) is 0 Å². The Balaban J connectivity index is 2.02. The van der Waals surface area contributed by atoms with Gasteiger partial charge >= 0.3 is 0 Å². The summed E-state index contributed by atoms with van der Waals surface area (Å²) in [4.78, 5) is 6.99. The summed E-state index contributed by atoms with van der Waals surface area (Å²) in [6.07, 6.45) is 2.86. The summed E-state index contributed by atoms with van der Waals surface area (Å²) < 4.78 is 5.42. The maximum Gasteiger partial charge on any atom is 0.185 e. The first-order valence-electron chi connectivity index (χ1n) is 7.20. The van der Waals surface area contributed by atoms with E-state index in [1.165, 1.54) is 0 Å². The van der Waals surface area contributed by atoms with Gasteiger partial charge in [-0.15, -0.1) is 11.3 Å². The van der Waals surface area contributed by atoms with Crippen LogP contribution in [0.1, 0.15) is 44.7 Å². The van der Waals surface area contributed by atoms with Crippen LogP contribution in [-0.2, 0) is 6.54 Å². The number of aromatic nitrogens is 1. The molecule has 0 amide bonds. The summed E-state index contributed by atoms with van der Waals surface area (Å²) in [5, 5.41) is 6.68. The van der Waals surface area contributed by atoms with Gasteiger partial charge in [-0.2, -0.15) is 0 Å². The quantitative estimate of drug-likeness (QED) is 0.803. The molecule has 2 rings (SSSR count). The summed E-state index contributed by atoms with van der Waals surface area (Å²) in [5.41, 5.74) is 1.12. The second kappa shape index (κ2) is 7.45. The second-order valence-corrected chi connectivity index (χ2v) is 5.66. The normalized spacial score (nSPS) is 12.6. The SMILES string of the molecule is CCCNC(C)c1csc(N(CC)Cc2ccco2)n1. The molecule has 0 radical (unpaired) electrons. The van der Waals surface area contributed by atoms with E-state index in [4.69, 9.17) is 9.40 Å². The van der Waals surface area contributed by atoms with E-state index in [0.717, 1.165) is 42.6 Å². The van der Waals surface area contributed by atoms with E-state index in [9.17, 15) is 0 Å². The van der Waals surface area contributed by atoms with Gasteiger partial charge in [0.25, 0.3) is 0 Å². The van der Waals surface area contributed by atoms with Crippen LogP contribution in [-0.4, -0.2) is 18.1 Å². The Kier molecular flexibility index (Phi) is 5.61. The van der Waals surface area contributed by atoms with Crippen LogP contribution in [0.4, 0.5) is 5.13 Å². The zero-order valence-corrected chi connectivity index (χ0v) is 13.2. The van der Waals surface area contributed by atoms with Gasteiger partial charge in [0, 0.05) is 18.0 Å². The molecule has 20 heavy (non-hydrogen) atoms. The molecule has 1 N–H and O–H groups in total. The van der Waals surface area contributed by atoms with Crippen molar-refractivity contribution < 1.29 is 4.42 Å². The lowest BCUT2D eigenvalue weighted by Crippen LogP contribution is -2.22. The Hall–Kier alpha value is -1.33. The predicted molar refractivity (Wildman–Crippen MR) is 84.3 cm³/mol. The van der Waals surface area contributed by atoms with Crippen molar-refractivity contribution in [2.24, 2.45) is 0 Å². The Labute approximate surface area is 124 Å². The lowest BCUT2D eigenvalue weighted by molar-refractivity contribution is 0.503. The maximum absolute atomic E-state index is 5.42. The number of rotatable bonds is 8. The van der Waals surface area contributed by atoms with Gasteiger partial charge in [0.2, 0.25) is 0 Å². The Morgan fingerprint density at radius 2 is 2.30 bits per heavy atom. The van der Waals surface area contributed by atoms with Crippen molar-refractivity contribution in [1.29, 1.82) is 0 Å². The molecule has 0 aliphatic rings. The highest BCUT2D eigenvalue weighted by molar-refractivity contribution is 7.13. The smallest absolute Gasteiger partial charge is 0.185 e. The van der Waals surface area contributed by atoms with E-state index in [0.29, 0.717) is 6.04 Å². The number of thiazole rings is 1. The molecule has 0 fully saturated rings. The standard InChI is InChI=1S/C15H23N3OS/c1-4-8-16-12(3)14-11-20-15(17-14)18(5-2)10-13-7-6-9-19-13/h6-7,9,11-12,16H,4-5,8,10H2,1-3H3. The molecule has 4 nitrogen and oxygen atoms in total. The van der Waals surface area contributed by atoms with Gasteiger partial charge in [-0.1, -0.05) is 6.92 Å². The Bertz CT molecular complexity index is 495. The van der Waals surface area contributed by atoms with Gasteiger partial charge in [-0.05, 0) is 38.9 Å². The van der Waals surface area contributed by atoms with E-state index in [1.54, 1.807) is 17.6 Å². The molecule has 0 bridgehead atoms. The van der Waals surface area contributed by atoms with Gasteiger partial charge in [0.05, 0.1) is 18.5 Å². The van der Waals surface area contributed by atoms with Crippen molar-refractivity contribution in [3.63, 3.8) is 0 Å². The van der Waals surface area contributed by atoms with Crippen LogP contribution < -0.4 is 10.2 Å². The molecule has 2 aromatic rings. The highest BCUT2D eigenvalue weighted by Crippen LogP contribution is 2.25. The number of hydrogen-bond donors (Lipinski definition) is 1. The fraction of sp³-hybridized carbons (Fsp3) is 0.533. The molecule has 5 heteroatoms. The molecule has 0 aliphatic carbocycles. The second-order valence-electron chi connectivity index (χ2n) is 4.82. The van der Waals surface area contributed by atoms with Crippen LogP contribution in [0, 0.1) is 0 Å². The lowest BCUT2D eigenvalue weighted by Gasteiger charge is -2.18. The molecule has 2 heterocycles. The molecule has 0 saturated carbocycles. The number of nitrogens with one attached hydrogen (secondary N) is 1. The van der Waals surface area contributed by atoms with Crippen molar-refractivity contribution in [2.45, 2.75) is 39.8 Å². The van der Waals surface area contributed by atoms with Gasteiger partial charge in [-0.25, -0.2) is 4.98 Å². The minimum Gasteiger partial charge on any atom is -0.467 e. The molecule has 0 aliphatic heterocycles. The van der Waals surface area contributed by atoms with E-state index in [1.807, 2.05) is 12.1 Å². The van der Waals surface area contributed by atoms with E-state index in [-0.39, 0.29) is 0 Å². The van der Waals surface area contributed by atoms with Crippen LogP contribution in [0.15, 0.2) is 28.2 Å². The van der Waals surface area contributed by atoms with Crippen molar-refractivity contribution >= 4 is 16.5 Å². The summed E-state index contributed by atoms with van der Waals surface area (Å²) in [7, 11) is 0. The van der Waals surface area contributed by atoms with Crippen LogP contribution in [0.2, 0.25) is 0 Å². The zero-order chi connectivity index (χ0) is 14.4. The zero-order valence-electron chi connectivity index (χ0n) is 12.4.